The minimum absolute atomic E-state index is 0.0132. The van der Waals surface area contributed by atoms with Crippen LogP contribution in [0.15, 0.2) is 10.8 Å². The predicted octanol–water partition coefficient (Wildman–Crippen LogP) is 5.74. The number of rotatable bonds is 15. The highest BCUT2D eigenvalue weighted by atomic mass is 32.1. The molecule has 4 atom stereocenters. The van der Waals surface area contributed by atoms with Crippen LogP contribution in [0.25, 0.3) is 0 Å². The van der Waals surface area contributed by atoms with E-state index >= 15 is 0 Å². The molecule has 3 rings (SSSR count). The van der Waals surface area contributed by atoms with Gasteiger partial charge in [0.05, 0.1) is 10.9 Å². The molecule has 1 fully saturated rings. The molecule has 15 heteroatoms. The molecule has 0 saturated heterocycles. The van der Waals surface area contributed by atoms with Crippen molar-refractivity contribution in [2.75, 3.05) is 7.05 Å². The first-order valence-electron chi connectivity index (χ1n) is 14.5. The number of amides is 2. The number of carbonyl (C=O) groups is 4. The zero-order chi connectivity index (χ0) is 32.8. The fraction of sp³-hybridized carbons (Fsp3) is 0.655. The van der Waals surface area contributed by atoms with Gasteiger partial charge < -0.3 is 20.1 Å². The number of carboxylic acid groups (broad SMARTS) is 1. The Labute approximate surface area is 262 Å². The van der Waals surface area contributed by atoms with E-state index in [-0.39, 0.29) is 47.8 Å². The Kier molecular flexibility index (Phi) is 12.3. The normalized spacial score (nSPS) is 16.5. The summed E-state index contributed by atoms with van der Waals surface area (Å²) in [5, 5.41) is 14.9. The number of nitrogens with one attached hydrogen (secondary N) is 1. The first-order chi connectivity index (χ1) is 20.5. The van der Waals surface area contributed by atoms with Crippen LogP contribution in [0.4, 0.5) is 13.2 Å². The summed E-state index contributed by atoms with van der Waals surface area (Å²) in [4.78, 5) is 59.4. The number of aromatic nitrogens is 2. The van der Waals surface area contributed by atoms with Gasteiger partial charge in [-0.2, -0.15) is 13.2 Å². The van der Waals surface area contributed by atoms with Crippen LogP contribution in [0.5, 0.6) is 0 Å². The monoisotopic (exact) mass is 660 g/mol. The SMILES string of the molecule is CC(=O)OC(CC(C(C)C)N(C)C(=O)CC1CCC1)c1nc(C(=O)N[C@@H](Cc2nc(C(F)(F)F)cs2)C[C@H](C)C(=O)O)cs1. The van der Waals surface area contributed by atoms with Crippen molar-refractivity contribution in [3.63, 3.8) is 0 Å². The lowest BCUT2D eigenvalue weighted by Crippen LogP contribution is -2.42. The average Bonchev–Trinajstić information content (AvgIpc) is 3.58. The highest BCUT2D eigenvalue weighted by Gasteiger charge is 2.35. The maximum Gasteiger partial charge on any atom is 0.434 e. The van der Waals surface area contributed by atoms with Gasteiger partial charge in [0.2, 0.25) is 5.91 Å². The van der Waals surface area contributed by atoms with E-state index in [0.29, 0.717) is 17.3 Å². The maximum absolute atomic E-state index is 13.2. The van der Waals surface area contributed by atoms with Crippen LogP contribution in [0.2, 0.25) is 0 Å². The third kappa shape index (κ3) is 9.98. The number of thiazole rings is 2. The minimum atomic E-state index is -4.62. The zero-order valence-electron chi connectivity index (χ0n) is 25.3. The second-order valence-electron chi connectivity index (χ2n) is 11.7. The third-order valence-corrected chi connectivity index (χ3v) is 9.61. The summed E-state index contributed by atoms with van der Waals surface area (Å²) in [6.45, 7) is 6.65. The third-order valence-electron chi connectivity index (χ3n) is 7.80. The maximum atomic E-state index is 13.2. The zero-order valence-corrected chi connectivity index (χ0v) is 27.0. The van der Waals surface area contributed by atoms with E-state index in [1.165, 1.54) is 19.2 Å². The molecule has 2 aromatic heterocycles. The van der Waals surface area contributed by atoms with Gasteiger partial charge in [0.25, 0.3) is 5.91 Å². The molecule has 2 unspecified atom stereocenters. The van der Waals surface area contributed by atoms with Crippen LogP contribution in [-0.4, -0.2) is 62.9 Å². The lowest BCUT2D eigenvalue weighted by atomic mass is 9.82. The van der Waals surface area contributed by atoms with Gasteiger partial charge in [0.15, 0.2) is 11.8 Å². The summed E-state index contributed by atoms with van der Waals surface area (Å²) in [7, 11) is 1.75. The first kappa shape index (κ1) is 35.4. The number of nitrogens with zero attached hydrogens (tertiary/aromatic N) is 3. The van der Waals surface area contributed by atoms with E-state index < -0.39 is 47.8 Å². The Morgan fingerprint density at radius 3 is 2.32 bits per heavy atom. The van der Waals surface area contributed by atoms with Crippen molar-refractivity contribution in [2.45, 2.75) is 97.0 Å². The quantitative estimate of drug-likeness (QED) is 0.231. The van der Waals surface area contributed by atoms with Crippen LogP contribution >= 0.6 is 22.7 Å². The van der Waals surface area contributed by atoms with Crippen LogP contribution in [-0.2, 0) is 31.7 Å². The molecule has 2 aromatic rings. The molecule has 0 bridgehead atoms. The molecule has 10 nitrogen and oxygen atoms in total. The fourth-order valence-electron chi connectivity index (χ4n) is 5.03. The Hall–Kier alpha value is -3.07. The number of ether oxygens (including phenoxy) is 1. The van der Waals surface area contributed by atoms with Gasteiger partial charge in [0.1, 0.15) is 10.7 Å². The van der Waals surface area contributed by atoms with Gasteiger partial charge in [0, 0.05) is 56.1 Å². The molecule has 0 aliphatic heterocycles. The van der Waals surface area contributed by atoms with E-state index in [0.717, 1.165) is 47.3 Å². The number of alkyl halides is 3. The molecule has 244 valence electrons. The number of hydrogen-bond acceptors (Lipinski definition) is 9. The number of carbonyl (C=O) groups excluding carboxylic acids is 3. The molecule has 1 aliphatic rings. The second kappa shape index (κ2) is 15.3. The fourth-order valence-corrected chi connectivity index (χ4v) is 6.76. The van der Waals surface area contributed by atoms with Gasteiger partial charge in [-0.1, -0.05) is 27.2 Å². The van der Waals surface area contributed by atoms with Crippen LogP contribution in [0.1, 0.15) is 98.5 Å². The van der Waals surface area contributed by atoms with Crippen molar-refractivity contribution in [3.8, 4) is 0 Å². The molecule has 0 aromatic carbocycles. The standard InChI is InChI=1S/C29H39F3N4O6S2/c1-15(2)21(36(5)25(38)10-18-7-6-8-18)12-22(42-17(4)37)27-34-20(13-44-27)26(39)33-19(9-16(3)28(40)41)11-24-35-23(14-43-24)29(30,31)32/h13-16,18-19,21-22H,6-12H2,1-5H3,(H,33,39)(H,40,41)/t16-,19+,21?,22?/m0/s1. The van der Waals surface area contributed by atoms with Crippen LogP contribution < -0.4 is 5.32 Å². The highest BCUT2D eigenvalue weighted by molar-refractivity contribution is 7.10. The number of halogens is 3. The highest BCUT2D eigenvalue weighted by Crippen LogP contribution is 2.34. The number of hydrogen-bond donors (Lipinski definition) is 2. The van der Waals surface area contributed by atoms with Gasteiger partial charge in [-0.15, -0.1) is 22.7 Å². The van der Waals surface area contributed by atoms with Crippen molar-refractivity contribution in [1.82, 2.24) is 20.2 Å². The predicted molar refractivity (Wildman–Crippen MR) is 158 cm³/mol. The Balaban J connectivity index is 1.77. The van der Waals surface area contributed by atoms with Gasteiger partial charge in [-0.25, -0.2) is 9.97 Å². The second-order valence-corrected chi connectivity index (χ2v) is 13.5. The molecule has 2 N–H and O–H groups in total. The summed E-state index contributed by atoms with van der Waals surface area (Å²) >= 11 is 1.88. The summed E-state index contributed by atoms with van der Waals surface area (Å²) in [6.07, 6.45) is -1.65. The molecule has 0 radical (unpaired) electrons. The van der Waals surface area contributed by atoms with Gasteiger partial charge in [-0.05, 0) is 31.1 Å². The van der Waals surface area contributed by atoms with E-state index in [2.05, 4.69) is 15.3 Å². The molecule has 2 amide bonds. The summed E-state index contributed by atoms with van der Waals surface area (Å²) in [5.41, 5.74) is -1.06. The first-order valence-corrected chi connectivity index (χ1v) is 16.2. The van der Waals surface area contributed by atoms with E-state index in [9.17, 15) is 37.5 Å². The topological polar surface area (TPSA) is 139 Å². The molecule has 0 spiro atoms. The Morgan fingerprint density at radius 2 is 1.80 bits per heavy atom. The molecular weight excluding hydrogens is 621 g/mol. The van der Waals surface area contributed by atoms with Crippen molar-refractivity contribution in [2.24, 2.45) is 17.8 Å². The van der Waals surface area contributed by atoms with E-state index in [1.54, 1.807) is 11.9 Å². The number of esters is 1. The van der Waals surface area contributed by atoms with E-state index in [1.807, 2.05) is 13.8 Å². The van der Waals surface area contributed by atoms with Crippen molar-refractivity contribution >= 4 is 46.4 Å². The lowest BCUT2D eigenvalue weighted by Gasteiger charge is -2.35. The molecule has 2 heterocycles. The number of aliphatic carboxylic acids is 1. The Morgan fingerprint density at radius 1 is 1.11 bits per heavy atom. The van der Waals surface area contributed by atoms with E-state index in [4.69, 9.17) is 4.74 Å². The van der Waals surface area contributed by atoms with Crippen molar-refractivity contribution < 1.29 is 42.2 Å². The average molecular weight is 661 g/mol. The lowest BCUT2D eigenvalue weighted by molar-refractivity contribution is -0.148. The van der Waals surface area contributed by atoms with Gasteiger partial charge >= 0.3 is 18.1 Å². The smallest absolute Gasteiger partial charge is 0.434 e. The van der Waals surface area contributed by atoms with Crippen molar-refractivity contribution in [1.29, 1.82) is 0 Å². The van der Waals surface area contributed by atoms with Crippen LogP contribution in [0.3, 0.4) is 0 Å². The molecule has 1 saturated carbocycles. The summed E-state index contributed by atoms with van der Waals surface area (Å²) < 4.78 is 44.7. The Bertz CT molecular complexity index is 1310. The number of carboxylic acids is 1. The molecule has 1 aliphatic carbocycles. The van der Waals surface area contributed by atoms with Crippen molar-refractivity contribution in [3.05, 3.63) is 32.2 Å². The van der Waals surface area contributed by atoms with Crippen LogP contribution in [0, 0.1) is 17.8 Å². The molecule has 44 heavy (non-hydrogen) atoms. The molecular formula is C29H39F3N4O6S2. The minimum Gasteiger partial charge on any atom is -0.481 e. The summed E-state index contributed by atoms with van der Waals surface area (Å²) in [5.74, 6) is -2.75. The summed E-state index contributed by atoms with van der Waals surface area (Å²) in [6, 6.07) is -1.11. The van der Waals surface area contributed by atoms with Gasteiger partial charge in [-0.3, -0.25) is 19.2 Å². The largest absolute Gasteiger partial charge is 0.481 e.